The van der Waals surface area contributed by atoms with Crippen molar-refractivity contribution in [2.75, 3.05) is 24.8 Å². The molecule has 0 heterocycles. The largest absolute Gasteiger partial charge is 0.399 e. The SMILES string of the molecule is COCC(C)(C)Nc1ccc(N)cc1C(N)=O. The van der Waals surface area contributed by atoms with E-state index in [4.69, 9.17) is 16.2 Å². The number of amides is 1. The molecule has 1 rings (SSSR count). The van der Waals surface area contributed by atoms with Gasteiger partial charge in [-0.15, -0.1) is 0 Å². The smallest absolute Gasteiger partial charge is 0.250 e. The van der Waals surface area contributed by atoms with Gasteiger partial charge in [-0.1, -0.05) is 0 Å². The Balaban J connectivity index is 3.02. The molecule has 0 aliphatic heterocycles. The van der Waals surface area contributed by atoms with Crippen molar-refractivity contribution < 1.29 is 9.53 Å². The van der Waals surface area contributed by atoms with Crippen molar-refractivity contribution in [2.24, 2.45) is 5.73 Å². The highest BCUT2D eigenvalue weighted by Crippen LogP contribution is 2.22. The van der Waals surface area contributed by atoms with Crippen LogP contribution in [0.4, 0.5) is 11.4 Å². The van der Waals surface area contributed by atoms with E-state index in [-0.39, 0.29) is 5.54 Å². The Hall–Kier alpha value is -1.75. The van der Waals surface area contributed by atoms with Crippen molar-refractivity contribution in [3.05, 3.63) is 23.8 Å². The molecule has 94 valence electrons. The quantitative estimate of drug-likeness (QED) is 0.671. The van der Waals surface area contributed by atoms with Crippen LogP contribution >= 0.6 is 0 Å². The number of nitrogen functional groups attached to an aromatic ring is 1. The fraction of sp³-hybridized carbons (Fsp3) is 0.417. The molecule has 1 amide bonds. The van der Waals surface area contributed by atoms with E-state index in [1.807, 2.05) is 13.8 Å². The number of ether oxygens (including phenoxy) is 1. The summed E-state index contributed by atoms with van der Waals surface area (Å²) in [6.07, 6.45) is 0. The second kappa shape index (κ2) is 5.05. The molecule has 5 N–H and O–H groups in total. The Morgan fingerprint density at radius 2 is 2.12 bits per heavy atom. The molecule has 0 atom stereocenters. The third-order valence-corrected chi connectivity index (χ3v) is 2.29. The van der Waals surface area contributed by atoms with Crippen molar-refractivity contribution >= 4 is 17.3 Å². The molecule has 0 fully saturated rings. The number of nitrogens with two attached hydrogens (primary N) is 2. The summed E-state index contributed by atoms with van der Waals surface area (Å²) in [7, 11) is 1.63. The highest BCUT2D eigenvalue weighted by Gasteiger charge is 2.19. The maximum atomic E-state index is 11.3. The maximum absolute atomic E-state index is 11.3. The summed E-state index contributed by atoms with van der Waals surface area (Å²) in [4.78, 5) is 11.3. The molecular formula is C12H19N3O2. The van der Waals surface area contributed by atoms with Gasteiger partial charge in [0.15, 0.2) is 0 Å². The lowest BCUT2D eigenvalue weighted by Gasteiger charge is -2.27. The van der Waals surface area contributed by atoms with Gasteiger partial charge in [0.05, 0.1) is 17.7 Å². The summed E-state index contributed by atoms with van der Waals surface area (Å²) < 4.78 is 5.10. The van der Waals surface area contributed by atoms with Gasteiger partial charge in [0.2, 0.25) is 0 Å². The molecule has 0 saturated carbocycles. The van der Waals surface area contributed by atoms with Crippen molar-refractivity contribution in [1.29, 1.82) is 0 Å². The van der Waals surface area contributed by atoms with E-state index in [0.29, 0.717) is 23.5 Å². The lowest BCUT2D eigenvalue weighted by Crippen LogP contribution is -2.36. The normalized spacial score (nSPS) is 11.2. The van der Waals surface area contributed by atoms with Crippen LogP contribution in [0, 0.1) is 0 Å². The van der Waals surface area contributed by atoms with Crippen LogP contribution < -0.4 is 16.8 Å². The van der Waals surface area contributed by atoms with Gasteiger partial charge in [0.25, 0.3) is 5.91 Å². The molecule has 17 heavy (non-hydrogen) atoms. The molecule has 0 aromatic heterocycles. The van der Waals surface area contributed by atoms with Crippen LogP contribution in [-0.2, 0) is 4.74 Å². The molecule has 0 radical (unpaired) electrons. The average molecular weight is 237 g/mol. The van der Waals surface area contributed by atoms with E-state index >= 15 is 0 Å². The minimum absolute atomic E-state index is 0.297. The van der Waals surface area contributed by atoms with Crippen LogP contribution in [0.25, 0.3) is 0 Å². The van der Waals surface area contributed by atoms with E-state index in [1.165, 1.54) is 0 Å². The third-order valence-electron chi connectivity index (χ3n) is 2.29. The number of nitrogens with one attached hydrogen (secondary N) is 1. The Morgan fingerprint density at radius 3 is 2.65 bits per heavy atom. The van der Waals surface area contributed by atoms with Crippen molar-refractivity contribution in [3.8, 4) is 0 Å². The van der Waals surface area contributed by atoms with Crippen molar-refractivity contribution in [1.82, 2.24) is 0 Å². The number of methoxy groups -OCH3 is 1. The highest BCUT2D eigenvalue weighted by molar-refractivity contribution is 5.99. The number of carbonyl (C=O) groups excluding carboxylic acids is 1. The Bertz CT molecular complexity index is 416. The van der Waals surface area contributed by atoms with Crippen LogP contribution in [0.5, 0.6) is 0 Å². The first-order valence-corrected chi connectivity index (χ1v) is 5.32. The molecule has 5 heteroatoms. The number of carbonyl (C=O) groups is 1. The zero-order chi connectivity index (χ0) is 13.1. The van der Waals surface area contributed by atoms with Gasteiger partial charge in [0.1, 0.15) is 0 Å². The fourth-order valence-electron chi connectivity index (χ4n) is 1.64. The fourth-order valence-corrected chi connectivity index (χ4v) is 1.64. The first-order valence-electron chi connectivity index (χ1n) is 5.32. The van der Waals surface area contributed by atoms with Crippen molar-refractivity contribution in [3.63, 3.8) is 0 Å². The number of hydrogen-bond donors (Lipinski definition) is 3. The number of anilines is 2. The van der Waals surface area contributed by atoms with E-state index < -0.39 is 5.91 Å². The molecule has 0 aliphatic carbocycles. The number of hydrogen-bond acceptors (Lipinski definition) is 4. The molecule has 5 nitrogen and oxygen atoms in total. The van der Waals surface area contributed by atoms with Gasteiger partial charge in [-0.25, -0.2) is 0 Å². The van der Waals surface area contributed by atoms with E-state index in [1.54, 1.807) is 25.3 Å². The second-order valence-corrected chi connectivity index (χ2v) is 4.61. The predicted octanol–water partition coefficient (Wildman–Crippen LogP) is 1.20. The van der Waals surface area contributed by atoms with E-state index in [9.17, 15) is 4.79 Å². The Kier molecular flexibility index (Phi) is 3.96. The summed E-state index contributed by atoms with van der Waals surface area (Å²) >= 11 is 0. The lowest BCUT2D eigenvalue weighted by molar-refractivity contribution is 0.100. The maximum Gasteiger partial charge on any atom is 0.250 e. The number of benzene rings is 1. The van der Waals surface area contributed by atoms with Gasteiger partial charge in [-0.05, 0) is 32.0 Å². The summed E-state index contributed by atoms with van der Waals surface area (Å²) in [5.41, 5.74) is 12.2. The second-order valence-electron chi connectivity index (χ2n) is 4.61. The molecule has 0 saturated heterocycles. The molecule has 1 aromatic rings. The van der Waals surface area contributed by atoms with Crippen LogP contribution in [0.15, 0.2) is 18.2 Å². The molecule has 0 aliphatic rings. The molecule has 0 unspecified atom stereocenters. The minimum atomic E-state index is -0.506. The summed E-state index contributed by atoms with van der Waals surface area (Å²) in [6, 6.07) is 5.03. The van der Waals surface area contributed by atoms with Crippen LogP contribution in [0.3, 0.4) is 0 Å². The van der Waals surface area contributed by atoms with Crippen LogP contribution in [0.1, 0.15) is 24.2 Å². The molecule has 0 spiro atoms. The number of primary amides is 1. The Labute approximate surface area is 101 Å². The molecular weight excluding hydrogens is 218 g/mol. The summed E-state index contributed by atoms with van der Waals surface area (Å²) in [6.45, 7) is 4.45. The lowest BCUT2D eigenvalue weighted by atomic mass is 10.0. The van der Waals surface area contributed by atoms with Gasteiger partial charge >= 0.3 is 0 Å². The Morgan fingerprint density at radius 1 is 1.47 bits per heavy atom. The van der Waals surface area contributed by atoms with Gasteiger partial charge in [0, 0.05) is 18.5 Å². The zero-order valence-corrected chi connectivity index (χ0v) is 10.4. The standard InChI is InChI=1S/C12H19N3O2/c1-12(2,7-17-3)15-10-5-4-8(13)6-9(10)11(14)16/h4-6,15H,7,13H2,1-3H3,(H2,14,16). The molecule has 0 bridgehead atoms. The predicted molar refractivity (Wildman–Crippen MR) is 69.0 cm³/mol. The zero-order valence-electron chi connectivity index (χ0n) is 10.4. The van der Waals surface area contributed by atoms with Gasteiger partial charge < -0.3 is 21.5 Å². The summed E-state index contributed by atoms with van der Waals surface area (Å²) in [5, 5.41) is 3.21. The third kappa shape index (κ3) is 3.64. The monoisotopic (exact) mass is 237 g/mol. The minimum Gasteiger partial charge on any atom is -0.399 e. The van der Waals surface area contributed by atoms with E-state index in [0.717, 1.165) is 0 Å². The van der Waals surface area contributed by atoms with Gasteiger partial charge in [-0.2, -0.15) is 0 Å². The highest BCUT2D eigenvalue weighted by atomic mass is 16.5. The first kappa shape index (κ1) is 13.3. The first-order chi connectivity index (χ1) is 7.85. The summed E-state index contributed by atoms with van der Waals surface area (Å²) in [5.74, 6) is -0.506. The topological polar surface area (TPSA) is 90.4 Å². The van der Waals surface area contributed by atoms with Crippen LogP contribution in [0.2, 0.25) is 0 Å². The molecule has 1 aromatic carbocycles. The number of rotatable bonds is 5. The van der Waals surface area contributed by atoms with E-state index in [2.05, 4.69) is 5.32 Å². The van der Waals surface area contributed by atoms with Crippen molar-refractivity contribution in [2.45, 2.75) is 19.4 Å². The van der Waals surface area contributed by atoms with Crippen LogP contribution in [-0.4, -0.2) is 25.2 Å². The van der Waals surface area contributed by atoms with Gasteiger partial charge in [-0.3, -0.25) is 4.79 Å². The average Bonchev–Trinajstić information content (AvgIpc) is 2.20.